The molecule has 2 heterocycles. The van der Waals surface area contributed by atoms with Crippen LogP contribution in [0.5, 0.6) is 0 Å². The van der Waals surface area contributed by atoms with E-state index in [-0.39, 0.29) is 11.6 Å². The van der Waals surface area contributed by atoms with Crippen molar-refractivity contribution in [1.82, 2.24) is 9.55 Å². The summed E-state index contributed by atoms with van der Waals surface area (Å²) in [6.45, 7) is 3.86. The summed E-state index contributed by atoms with van der Waals surface area (Å²) in [5.74, 6) is 0.577. The summed E-state index contributed by atoms with van der Waals surface area (Å²) >= 11 is 0. The largest absolute Gasteiger partial charge is 0.464 e. The Morgan fingerprint density at radius 3 is 2.72 bits per heavy atom. The highest BCUT2D eigenvalue weighted by atomic mass is 16.3. The zero-order valence-corrected chi connectivity index (χ0v) is 14.4. The lowest BCUT2D eigenvalue weighted by Crippen LogP contribution is -2.21. The van der Waals surface area contributed by atoms with Crippen molar-refractivity contribution in [2.75, 3.05) is 0 Å². The first-order chi connectivity index (χ1) is 12.0. The number of hydrogen-bond acceptors (Lipinski definition) is 4. The number of nitrogens with zero attached hydrogens (tertiary/aromatic N) is 2. The van der Waals surface area contributed by atoms with E-state index in [0.717, 1.165) is 27.7 Å². The maximum absolute atomic E-state index is 13.0. The summed E-state index contributed by atoms with van der Waals surface area (Å²) in [6.07, 6.45) is 1.65. The Hall–Kier alpha value is -2.92. The van der Waals surface area contributed by atoms with E-state index in [1.165, 1.54) is 0 Å². The zero-order chi connectivity index (χ0) is 17.7. The smallest absolute Gasteiger partial charge is 0.261 e. The van der Waals surface area contributed by atoms with E-state index in [1.807, 2.05) is 50.2 Å². The molecular weight excluding hydrogens is 314 g/mol. The van der Waals surface area contributed by atoms with Crippen LogP contribution in [0.1, 0.15) is 24.1 Å². The van der Waals surface area contributed by atoms with Gasteiger partial charge in [-0.05, 0) is 37.1 Å². The second kappa shape index (κ2) is 5.57. The fourth-order valence-electron chi connectivity index (χ4n) is 3.29. The molecule has 0 radical (unpaired) electrons. The van der Waals surface area contributed by atoms with E-state index in [1.54, 1.807) is 17.9 Å². The molecule has 0 aliphatic heterocycles. The van der Waals surface area contributed by atoms with Crippen LogP contribution in [0.4, 0.5) is 0 Å². The molecule has 5 nitrogen and oxygen atoms in total. The third kappa shape index (κ3) is 2.36. The quantitative estimate of drug-likeness (QED) is 0.607. The molecule has 1 atom stereocenters. The van der Waals surface area contributed by atoms with Gasteiger partial charge in [0.15, 0.2) is 0 Å². The highest BCUT2D eigenvalue weighted by Gasteiger charge is 2.18. The summed E-state index contributed by atoms with van der Waals surface area (Å²) in [4.78, 5) is 17.8. The summed E-state index contributed by atoms with van der Waals surface area (Å²) in [5, 5.41) is 1.52. The van der Waals surface area contributed by atoms with E-state index in [0.29, 0.717) is 16.7 Å². The second-order valence-electron chi connectivity index (χ2n) is 6.48. The van der Waals surface area contributed by atoms with Gasteiger partial charge in [-0.3, -0.25) is 9.36 Å². The van der Waals surface area contributed by atoms with Crippen LogP contribution in [0.2, 0.25) is 0 Å². The Labute approximate surface area is 144 Å². The van der Waals surface area contributed by atoms with Gasteiger partial charge in [0.05, 0.1) is 16.5 Å². The SMILES string of the molecule is Cc1cc(C(C)N)c2nc(-c3coc4ccccc34)n(C)c(=O)c2c1. The van der Waals surface area contributed by atoms with Crippen LogP contribution < -0.4 is 11.3 Å². The van der Waals surface area contributed by atoms with Crippen molar-refractivity contribution >= 4 is 21.9 Å². The molecule has 0 spiro atoms. The number of nitrogens with two attached hydrogens (primary N) is 1. The summed E-state index contributed by atoms with van der Waals surface area (Å²) in [6, 6.07) is 11.4. The van der Waals surface area contributed by atoms with Gasteiger partial charge < -0.3 is 10.2 Å². The van der Waals surface area contributed by atoms with E-state index >= 15 is 0 Å². The third-order valence-electron chi connectivity index (χ3n) is 4.57. The molecule has 1 unspecified atom stereocenters. The molecule has 4 rings (SSSR count). The van der Waals surface area contributed by atoms with Gasteiger partial charge in [0.2, 0.25) is 0 Å². The first-order valence-electron chi connectivity index (χ1n) is 8.21. The molecule has 2 aromatic carbocycles. The van der Waals surface area contributed by atoms with Gasteiger partial charge in [0.25, 0.3) is 5.56 Å². The van der Waals surface area contributed by atoms with E-state index < -0.39 is 0 Å². The summed E-state index contributed by atoms with van der Waals surface area (Å²) in [5.41, 5.74) is 10.1. The second-order valence-corrected chi connectivity index (χ2v) is 6.48. The molecular formula is C20H19N3O2. The van der Waals surface area contributed by atoms with Crippen molar-refractivity contribution in [2.45, 2.75) is 19.9 Å². The Kier molecular flexibility index (Phi) is 3.47. The molecule has 0 saturated heterocycles. The van der Waals surface area contributed by atoms with Crippen LogP contribution in [0, 0.1) is 6.92 Å². The lowest BCUT2D eigenvalue weighted by Gasteiger charge is -2.14. The molecule has 5 heteroatoms. The molecule has 0 aliphatic rings. The minimum absolute atomic E-state index is 0.0871. The fraction of sp³-hybridized carbons (Fsp3) is 0.200. The van der Waals surface area contributed by atoms with Crippen molar-refractivity contribution in [2.24, 2.45) is 12.8 Å². The summed E-state index contributed by atoms with van der Waals surface area (Å²) < 4.78 is 7.20. The van der Waals surface area contributed by atoms with Crippen molar-refractivity contribution in [3.8, 4) is 11.4 Å². The summed E-state index contributed by atoms with van der Waals surface area (Å²) in [7, 11) is 1.74. The maximum atomic E-state index is 13.0. The average molecular weight is 333 g/mol. The Morgan fingerprint density at radius 2 is 1.96 bits per heavy atom. The van der Waals surface area contributed by atoms with Gasteiger partial charge in [-0.15, -0.1) is 0 Å². The molecule has 0 aliphatic carbocycles. The maximum Gasteiger partial charge on any atom is 0.261 e. The lowest BCUT2D eigenvalue weighted by molar-refractivity contribution is 0.616. The number of aromatic nitrogens is 2. The van der Waals surface area contributed by atoms with Gasteiger partial charge >= 0.3 is 0 Å². The van der Waals surface area contributed by atoms with Gasteiger partial charge in [-0.25, -0.2) is 4.98 Å². The average Bonchev–Trinajstić information content (AvgIpc) is 3.01. The predicted molar refractivity (Wildman–Crippen MR) is 99.5 cm³/mol. The van der Waals surface area contributed by atoms with Crippen LogP contribution >= 0.6 is 0 Å². The zero-order valence-electron chi connectivity index (χ0n) is 14.4. The number of hydrogen-bond donors (Lipinski definition) is 1. The highest BCUT2D eigenvalue weighted by molar-refractivity contribution is 5.93. The van der Waals surface area contributed by atoms with Crippen LogP contribution in [-0.2, 0) is 7.05 Å². The molecule has 4 aromatic rings. The van der Waals surface area contributed by atoms with Gasteiger partial charge in [0.1, 0.15) is 17.7 Å². The van der Waals surface area contributed by atoms with Crippen LogP contribution in [0.25, 0.3) is 33.3 Å². The van der Waals surface area contributed by atoms with Gasteiger partial charge in [0, 0.05) is 18.5 Å². The van der Waals surface area contributed by atoms with E-state index in [2.05, 4.69) is 0 Å². The number of para-hydroxylation sites is 1. The van der Waals surface area contributed by atoms with Gasteiger partial charge in [-0.2, -0.15) is 0 Å². The number of furan rings is 1. The predicted octanol–water partition coefficient (Wildman–Crippen LogP) is 3.67. The minimum atomic E-state index is -0.212. The number of fused-ring (bicyclic) bond motifs is 2. The first kappa shape index (κ1) is 15.6. The molecule has 0 saturated carbocycles. The molecule has 126 valence electrons. The monoisotopic (exact) mass is 333 g/mol. The molecule has 2 aromatic heterocycles. The molecule has 0 fully saturated rings. The van der Waals surface area contributed by atoms with Gasteiger partial charge in [-0.1, -0.05) is 24.3 Å². The van der Waals surface area contributed by atoms with Crippen LogP contribution in [0.15, 0.2) is 51.9 Å². The van der Waals surface area contributed by atoms with Crippen LogP contribution in [-0.4, -0.2) is 9.55 Å². The topological polar surface area (TPSA) is 74.0 Å². The normalized spacial score (nSPS) is 12.8. The van der Waals surface area contributed by atoms with E-state index in [4.69, 9.17) is 15.1 Å². The Bertz CT molecular complexity index is 1170. The molecule has 2 N–H and O–H groups in total. The number of benzene rings is 2. The molecule has 0 bridgehead atoms. The number of aryl methyl sites for hydroxylation is 1. The standard InChI is InChI=1S/C20H19N3O2/c1-11-8-14(12(2)21)18-15(9-11)20(24)23(3)19(22-18)16-10-25-17-7-5-4-6-13(16)17/h4-10,12H,21H2,1-3H3. The highest BCUT2D eigenvalue weighted by Crippen LogP contribution is 2.30. The fourth-order valence-corrected chi connectivity index (χ4v) is 3.29. The van der Waals surface area contributed by atoms with Crippen molar-refractivity contribution in [1.29, 1.82) is 0 Å². The number of rotatable bonds is 2. The van der Waals surface area contributed by atoms with Crippen molar-refractivity contribution < 1.29 is 4.42 Å². The first-order valence-corrected chi connectivity index (χ1v) is 8.21. The van der Waals surface area contributed by atoms with Crippen molar-refractivity contribution in [3.05, 3.63) is 64.1 Å². The minimum Gasteiger partial charge on any atom is -0.464 e. The van der Waals surface area contributed by atoms with E-state index in [9.17, 15) is 4.79 Å². The third-order valence-corrected chi connectivity index (χ3v) is 4.57. The van der Waals surface area contributed by atoms with Crippen LogP contribution in [0.3, 0.4) is 0 Å². The Morgan fingerprint density at radius 1 is 1.20 bits per heavy atom. The molecule has 0 amide bonds. The lowest BCUT2D eigenvalue weighted by atomic mass is 10.0. The Balaban J connectivity index is 2.12. The molecule has 25 heavy (non-hydrogen) atoms. The van der Waals surface area contributed by atoms with Crippen molar-refractivity contribution in [3.63, 3.8) is 0 Å².